The van der Waals surface area contributed by atoms with Gasteiger partial charge in [-0.25, -0.2) is 9.67 Å². The fourth-order valence-electron chi connectivity index (χ4n) is 2.45. The molecule has 0 spiro atoms. The van der Waals surface area contributed by atoms with E-state index in [1.165, 1.54) is 0 Å². The standard InChI is InChI=1S/C17H11BrN4O/c18-12-6-4-5-11(9-12)15-20-16-14(17(23)21-15)10-19-22(16)13-7-2-1-3-8-13/h1-10H,(H,20,21,23). The van der Waals surface area contributed by atoms with Gasteiger partial charge < -0.3 is 4.98 Å². The van der Waals surface area contributed by atoms with Crippen LogP contribution in [0.1, 0.15) is 0 Å². The summed E-state index contributed by atoms with van der Waals surface area (Å²) in [5.74, 6) is 0.515. The first-order valence-corrected chi connectivity index (χ1v) is 7.81. The van der Waals surface area contributed by atoms with Crippen molar-refractivity contribution in [2.45, 2.75) is 0 Å². The van der Waals surface area contributed by atoms with Crippen LogP contribution in [0, 0.1) is 0 Å². The molecule has 0 saturated carbocycles. The third-order valence-corrected chi connectivity index (χ3v) is 4.03. The highest BCUT2D eigenvalue weighted by Gasteiger charge is 2.12. The molecule has 6 heteroatoms. The van der Waals surface area contributed by atoms with Crippen molar-refractivity contribution < 1.29 is 0 Å². The molecule has 4 rings (SSSR count). The first-order chi connectivity index (χ1) is 11.2. The molecule has 0 aliphatic heterocycles. The van der Waals surface area contributed by atoms with E-state index < -0.39 is 0 Å². The van der Waals surface area contributed by atoms with Crippen molar-refractivity contribution in [1.29, 1.82) is 0 Å². The number of aromatic nitrogens is 4. The van der Waals surface area contributed by atoms with E-state index in [1.807, 2.05) is 54.6 Å². The minimum Gasteiger partial charge on any atom is -0.306 e. The second-order valence-electron chi connectivity index (χ2n) is 5.05. The Morgan fingerprint density at radius 1 is 1.04 bits per heavy atom. The molecule has 0 amide bonds. The molecule has 0 radical (unpaired) electrons. The second-order valence-corrected chi connectivity index (χ2v) is 5.97. The maximum absolute atomic E-state index is 12.3. The topological polar surface area (TPSA) is 63.6 Å². The molecule has 112 valence electrons. The van der Waals surface area contributed by atoms with Gasteiger partial charge in [0.1, 0.15) is 11.2 Å². The maximum atomic E-state index is 12.3. The van der Waals surface area contributed by atoms with Crippen molar-refractivity contribution in [2.75, 3.05) is 0 Å². The Labute approximate surface area is 139 Å². The van der Waals surface area contributed by atoms with Gasteiger partial charge in [-0.1, -0.05) is 46.3 Å². The lowest BCUT2D eigenvalue weighted by atomic mass is 10.2. The lowest BCUT2D eigenvalue weighted by Gasteiger charge is -2.05. The Hall–Kier alpha value is -2.73. The van der Waals surface area contributed by atoms with Crippen LogP contribution in [0.15, 0.2) is 70.1 Å². The fourth-order valence-corrected chi connectivity index (χ4v) is 2.85. The monoisotopic (exact) mass is 366 g/mol. The summed E-state index contributed by atoms with van der Waals surface area (Å²) < 4.78 is 2.60. The summed E-state index contributed by atoms with van der Waals surface area (Å²) in [6.07, 6.45) is 1.54. The van der Waals surface area contributed by atoms with Gasteiger partial charge in [0.05, 0.1) is 11.9 Å². The largest absolute Gasteiger partial charge is 0.306 e. The average Bonchev–Trinajstić information content (AvgIpc) is 3.00. The van der Waals surface area contributed by atoms with Crippen molar-refractivity contribution in [2.24, 2.45) is 0 Å². The molecule has 2 aromatic heterocycles. The van der Waals surface area contributed by atoms with Crippen molar-refractivity contribution in [3.05, 3.63) is 75.6 Å². The Bertz CT molecular complexity index is 1050. The number of H-pyrrole nitrogens is 1. The Morgan fingerprint density at radius 3 is 2.65 bits per heavy atom. The molecule has 0 atom stereocenters. The molecular weight excluding hydrogens is 356 g/mol. The summed E-state index contributed by atoms with van der Waals surface area (Å²) in [6.45, 7) is 0. The van der Waals surface area contributed by atoms with E-state index in [9.17, 15) is 4.79 Å². The van der Waals surface area contributed by atoms with Gasteiger partial charge in [-0.15, -0.1) is 0 Å². The molecule has 0 aliphatic rings. The van der Waals surface area contributed by atoms with Crippen LogP contribution in [0.2, 0.25) is 0 Å². The van der Waals surface area contributed by atoms with Crippen molar-refractivity contribution in [1.82, 2.24) is 19.7 Å². The first kappa shape index (κ1) is 13.9. The highest BCUT2D eigenvalue weighted by molar-refractivity contribution is 9.10. The number of hydrogen-bond acceptors (Lipinski definition) is 3. The molecule has 0 bridgehead atoms. The summed E-state index contributed by atoms with van der Waals surface area (Å²) in [4.78, 5) is 19.8. The number of nitrogens with one attached hydrogen (secondary N) is 1. The number of aromatic amines is 1. The zero-order chi connectivity index (χ0) is 15.8. The molecule has 1 N–H and O–H groups in total. The van der Waals surface area contributed by atoms with Crippen LogP contribution in [0.5, 0.6) is 0 Å². The minimum atomic E-state index is -0.202. The van der Waals surface area contributed by atoms with Crippen LogP contribution in [0.3, 0.4) is 0 Å². The molecular formula is C17H11BrN4O. The fraction of sp³-hybridized carbons (Fsp3) is 0. The molecule has 0 unspecified atom stereocenters. The van der Waals surface area contributed by atoms with Gasteiger partial charge in [-0.3, -0.25) is 4.79 Å². The van der Waals surface area contributed by atoms with Gasteiger partial charge in [0.2, 0.25) is 0 Å². The molecule has 2 aromatic carbocycles. The zero-order valence-corrected chi connectivity index (χ0v) is 13.5. The van der Waals surface area contributed by atoms with Crippen LogP contribution in [-0.2, 0) is 0 Å². The predicted molar refractivity (Wildman–Crippen MR) is 92.6 cm³/mol. The van der Waals surface area contributed by atoms with Crippen molar-refractivity contribution in [3.8, 4) is 17.1 Å². The van der Waals surface area contributed by atoms with Crippen LogP contribution in [0.25, 0.3) is 28.1 Å². The van der Waals surface area contributed by atoms with E-state index in [-0.39, 0.29) is 5.56 Å². The number of nitrogens with zero attached hydrogens (tertiary/aromatic N) is 3. The molecule has 4 aromatic rings. The van der Waals surface area contributed by atoms with E-state index in [2.05, 4.69) is 31.0 Å². The summed E-state index contributed by atoms with van der Waals surface area (Å²) in [6, 6.07) is 17.3. The summed E-state index contributed by atoms with van der Waals surface area (Å²) >= 11 is 3.43. The van der Waals surface area contributed by atoms with E-state index >= 15 is 0 Å². The van der Waals surface area contributed by atoms with Gasteiger partial charge in [-0.2, -0.15) is 5.10 Å². The number of hydrogen-bond donors (Lipinski definition) is 1. The quantitative estimate of drug-likeness (QED) is 0.590. The first-order valence-electron chi connectivity index (χ1n) is 7.02. The second kappa shape index (κ2) is 5.48. The van der Waals surface area contributed by atoms with Crippen molar-refractivity contribution in [3.63, 3.8) is 0 Å². The number of rotatable bonds is 2. The minimum absolute atomic E-state index is 0.202. The Balaban J connectivity index is 1.98. The third-order valence-electron chi connectivity index (χ3n) is 3.54. The lowest BCUT2D eigenvalue weighted by Crippen LogP contribution is -2.10. The summed E-state index contributed by atoms with van der Waals surface area (Å²) in [5.41, 5.74) is 2.03. The van der Waals surface area contributed by atoms with Crippen molar-refractivity contribution >= 4 is 27.0 Å². The Kier molecular flexibility index (Phi) is 3.31. The smallest absolute Gasteiger partial charge is 0.262 e. The molecule has 0 fully saturated rings. The number of para-hydroxylation sites is 1. The highest BCUT2D eigenvalue weighted by atomic mass is 79.9. The molecule has 2 heterocycles. The maximum Gasteiger partial charge on any atom is 0.262 e. The van der Waals surface area contributed by atoms with E-state index in [0.29, 0.717) is 16.9 Å². The lowest BCUT2D eigenvalue weighted by molar-refractivity contribution is 0.895. The Morgan fingerprint density at radius 2 is 1.87 bits per heavy atom. The van der Waals surface area contributed by atoms with Crippen LogP contribution in [0.4, 0.5) is 0 Å². The molecule has 23 heavy (non-hydrogen) atoms. The molecule has 0 saturated heterocycles. The van der Waals surface area contributed by atoms with Crippen LogP contribution >= 0.6 is 15.9 Å². The van der Waals surface area contributed by atoms with Gasteiger partial charge in [0.25, 0.3) is 5.56 Å². The number of halogens is 1. The van der Waals surface area contributed by atoms with Gasteiger partial charge in [0, 0.05) is 10.0 Å². The van der Waals surface area contributed by atoms with E-state index in [4.69, 9.17) is 0 Å². The molecule has 5 nitrogen and oxygen atoms in total. The highest BCUT2D eigenvalue weighted by Crippen LogP contribution is 2.21. The normalized spacial score (nSPS) is 11.0. The van der Waals surface area contributed by atoms with Gasteiger partial charge in [-0.05, 0) is 24.3 Å². The van der Waals surface area contributed by atoms with E-state index in [1.54, 1.807) is 10.9 Å². The SMILES string of the molecule is O=c1[nH]c(-c2cccc(Br)c2)nc2c1cnn2-c1ccccc1. The predicted octanol–water partition coefficient (Wildman–Crippen LogP) is 3.54. The molecule has 0 aliphatic carbocycles. The average molecular weight is 367 g/mol. The summed E-state index contributed by atoms with van der Waals surface area (Å²) in [5, 5.41) is 4.77. The van der Waals surface area contributed by atoms with Gasteiger partial charge >= 0.3 is 0 Å². The van der Waals surface area contributed by atoms with Gasteiger partial charge in [0.15, 0.2) is 5.65 Å². The van der Waals surface area contributed by atoms with E-state index in [0.717, 1.165) is 15.7 Å². The third kappa shape index (κ3) is 2.47. The number of fused-ring (bicyclic) bond motifs is 1. The van der Waals surface area contributed by atoms with Crippen LogP contribution < -0.4 is 5.56 Å². The number of benzene rings is 2. The summed E-state index contributed by atoms with van der Waals surface area (Å²) in [7, 11) is 0. The van der Waals surface area contributed by atoms with Crippen LogP contribution in [-0.4, -0.2) is 19.7 Å². The zero-order valence-electron chi connectivity index (χ0n) is 11.9.